The van der Waals surface area contributed by atoms with Crippen molar-refractivity contribution in [1.29, 1.82) is 0 Å². The van der Waals surface area contributed by atoms with Crippen molar-refractivity contribution in [2.45, 2.75) is 24.6 Å². The molecular formula is C10H13FN5O6PS. The molecule has 14 heteroatoms. The highest BCUT2D eigenvalue weighted by atomic mass is 32.5. The number of anilines is 1. The first-order chi connectivity index (χ1) is 11.2. The number of ether oxygens (including phenoxy) is 1. The van der Waals surface area contributed by atoms with E-state index in [4.69, 9.17) is 15.0 Å². The van der Waals surface area contributed by atoms with Crippen molar-refractivity contribution in [3.8, 4) is 0 Å². The summed E-state index contributed by atoms with van der Waals surface area (Å²) in [7, 11) is 0. The monoisotopic (exact) mass is 381 g/mol. The van der Waals surface area contributed by atoms with E-state index >= 15 is 0 Å². The number of nitrogens with zero attached hydrogens (tertiary/aromatic N) is 3. The zero-order chi connectivity index (χ0) is 17.6. The maximum absolute atomic E-state index is 14.7. The van der Waals surface area contributed by atoms with Gasteiger partial charge in [0.1, 0.15) is 12.2 Å². The van der Waals surface area contributed by atoms with Gasteiger partial charge in [-0.05, 0) is 11.8 Å². The summed E-state index contributed by atoms with van der Waals surface area (Å²) >= 11 is 4.33. The highest BCUT2D eigenvalue weighted by Gasteiger charge is 2.49. The van der Waals surface area contributed by atoms with E-state index in [0.29, 0.717) is 0 Å². The third-order valence-corrected chi connectivity index (χ3v) is 4.21. The number of rotatable bonds is 4. The van der Waals surface area contributed by atoms with Gasteiger partial charge in [0, 0.05) is 0 Å². The number of aliphatic hydroxyl groups is 1. The van der Waals surface area contributed by atoms with E-state index < -0.39 is 43.5 Å². The molecule has 0 radical (unpaired) electrons. The number of imidazole rings is 1. The lowest BCUT2D eigenvalue weighted by molar-refractivity contribution is -0.0443. The van der Waals surface area contributed by atoms with Crippen LogP contribution in [0.25, 0.3) is 11.2 Å². The van der Waals surface area contributed by atoms with Gasteiger partial charge in [-0.3, -0.25) is 18.9 Å². The molecule has 24 heavy (non-hydrogen) atoms. The largest absolute Gasteiger partial charge is 0.394 e. The number of nitrogens with one attached hydrogen (secondary N) is 1. The van der Waals surface area contributed by atoms with E-state index in [1.165, 1.54) is 0 Å². The van der Waals surface area contributed by atoms with Crippen molar-refractivity contribution in [3.63, 3.8) is 0 Å². The Bertz CT molecular complexity index is 869. The van der Waals surface area contributed by atoms with Crippen molar-refractivity contribution >= 4 is 35.6 Å². The van der Waals surface area contributed by atoms with E-state index in [1.807, 2.05) is 0 Å². The number of nitrogens with two attached hydrogens (primary N) is 1. The smallest absolute Gasteiger partial charge is 0.322 e. The molecule has 1 saturated heterocycles. The fourth-order valence-corrected chi connectivity index (χ4v) is 3.35. The summed E-state index contributed by atoms with van der Waals surface area (Å²) in [5.74, 6) is -0.199. The number of H-pyrrole nitrogens is 1. The van der Waals surface area contributed by atoms with Crippen LogP contribution in [0.2, 0.25) is 0 Å². The fourth-order valence-electron chi connectivity index (χ4n) is 2.48. The Balaban J connectivity index is 2.01. The summed E-state index contributed by atoms with van der Waals surface area (Å²) in [6.45, 7) is -4.84. The van der Waals surface area contributed by atoms with E-state index in [2.05, 4.69) is 26.8 Å². The topological polar surface area (TPSA) is 169 Å². The zero-order valence-electron chi connectivity index (χ0n) is 11.8. The number of fused-ring (bicyclic) bond motifs is 1. The van der Waals surface area contributed by atoms with Crippen LogP contribution in [-0.4, -0.2) is 59.4 Å². The van der Waals surface area contributed by atoms with Gasteiger partial charge in [0.25, 0.3) is 5.56 Å². The Labute approximate surface area is 138 Å². The van der Waals surface area contributed by atoms with Crippen molar-refractivity contribution in [2.24, 2.45) is 0 Å². The van der Waals surface area contributed by atoms with Crippen LogP contribution < -0.4 is 11.3 Å². The summed E-state index contributed by atoms with van der Waals surface area (Å²) in [4.78, 5) is 40.2. The predicted octanol–water partition coefficient (Wildman–Crippen LogP) is -1.48. The lowest BCUT2D eigenvalue weighted by atomic mass is 10.1. The number of aromatic nitrogens is 4. The molecule has 4 atom stereocenters. The van der Waals surface area contributed by atoms with Crippen molar-refractivity contribution in [1.82, 2.24) is 19.5 Å². The summed E-state index contributed by atoms with van der Waals surface area (Å²) in [5, 5.41) is 9.30. The number of aromatic amines is 1. The molecule has 132 valence electrons. The molecule has 0 saturated carbocycles. The average Bonchev–Trinajstić information content (AvgIpc) is 3.00. The minimum absolute atomic E-state index is 0.0336. The lowest BCUT2D eigenvalue weighted by Gasteiger charge is -2.20. The molecule has 1 fully saturated rings. The molecule has 2 aromatic heterocycles. The number of hydrogen-bond acceptors (Lipinski definition) is 8. The molecule has 0 bridgehead atoms. The second kappa shape index (κ2) is 6.11. The molecular weight excluding hydrogens is 368 g/mol. The molecule has 1 aliphatic rings. The maximum atomic E-state index is 14.7. The molecule has 0 aromatic carbocycles. The number of halogens is 1. The number of aliphatic hydroxyl groups excluding tert-OH is 1. The Morgan fingerprint density at radius 1 is 1.58 bits per heavy atom. The van der Waals surface area contributed by atoms with Crippen LogP contribution in [0.5, 0.6) is 0 Å². The SMILES string of the molecule is Nc1nc2c(ncn2[C@@H]2O[C@H](CO)[C@@H](OP(O)(O)=S)[C@H]2F)c(=O)[nH]1. The third kappa shape index (κ3) is 3.07. The van der Waals surface area contributed by atoms with Gasteiger partial charge in [0.2, 0.25) is 5.95 Å². The summed E-state index contributed by atoms with van der Waals surface area (Å²) in [6, 6.07) is 0. The van der Waals surface area contributed by atoms with Gasteiger partial charge in [-0.25, -0.2) is 9.37 Å². The van der Waals surface area contributed by atoms with Crippen molar-refractivity contribution < 1.29 is 28.5 Å². The summed E-state index contributed by atoms with van der Waals surface area (Å²) in [5.41, 5.74) is 4.74. The molecule has 2 aromatic rings. The second-order valence-electron chi connectivity index (χ2n) is 5.03. The third-order valence-electron chi connectivity index (χ3n) is 3.43. The highest BCUT2D eigenvalue weighted by Crippen LogP contribution is 2.45. The predicted molar refractivity (Wildman–Crippen MR) is 82.0 cm³/mol. The van der Waals surface area contributed by atoms with Gasteiger partial charge < -0.3 is 25.4 Å². The molecule has 0 unspecified atom stereocenters. The van der Waals surface area contributed by atoms with Crippen molar-refractivity contribution in [2.75, 3.05) is 12.3 Å². The number of alkyl halides is 1. The molecule has 11 nitrogen and oxygen atoms in total. The first-order valence-electron chi connectivity index (χ1n) is 6.58. The van der Waals surface area contributed by atoms with Gasteiger partial charge in [0.05, 0.1) is 12.9 Å². The van der Waals surface area contributed by atoms with Crippen LogP contribution in [0.4, 0.5) is 10.3 Å². The Kier molecular flexibility index (Phi) is 4.42. The standard InChI is InChI=1S/C10H13FN5O6PS/c11-4-6(22-23(19,20)24)3(1-17)21-9(4)16-2-13-5-7(16)14-10(12)15-8(5)18/h2-4,6,9,17H,1H2,(H2,19,20,24)(H3,12,14,15,18)/t3-,4-,6-,9-/m1/s1. The fraction of sp³-hybridized carbons (Fsp3) is 0.500. The van der Waals surface area contributed by atoms with Gasteiger partial charge in [-0.15, -0.1) is 0 Å². The van der Waals surface area contributed by atoms with Gasteiger partial charge in [-0.2, -0.15) is 4.98 Å². The van der Waals surface area contributed by atoms with Gasteiger partial charge >= 0.3 is 6.72 Å². The van der Waals surface area contributed by atoms with Gasteiger partial charge in [-0.1, -0.05) is 0 Å². The van der Waals surface area contributed by atoms with Crippen LogP contribution >= 0.6 is 6.72 Å². The van der Waals surface area contributed by atoms with E-state index in [-0.39, 0.29) is 17.1 Å². The molecule has 3 rings (SSSR count). The number of hydrogen-bond donors (Lipinski definition) is 5. The average molecular weight is 381 g/mol. The van der Waals surface area contributed by atoms with Gasteiger partial charge in [0.15, 0.2) is 23.6 Å². The Hall–Kier alpha value is -1.47. The molecule has 0 aliphatic carbocycles. The minimum atomic E-state index is -4.18. The summed E-state index contributed by atoms with van der Waals surface area (Å²) < 4.78 is 25.9. The quantitative estimate of drug-likeness (QED) is 0.394. The van der Waals surface area contributed by atoms with Crippen molar-refractivity contribution in [3.05, 3.63) is 16.7 Å². The Morgan fingerprint density at radius 3 is 2.92 bits per heavy atom. The Morgan fingerprint density at radius 2 is 2.29 bits per heavy atom. The second-order valence-corrected chi connectivity index (χ2v) is 7.65. The van der Waals surface area contributed by atoms with Crippen LogP contribution in [0.3, 0.4) is 0 Å². The molecule has 0 amide bonds. The molecule has 1 aliphatic heterocycles. The maximum Gasteiger partial charge on any atom is 0.322 e. The first-order valence-corrected chi connectivity index (χ1v) is 9.20. The van der Waals surface area contributed by atoms with E-state index in [9.17, 15) is 24.1 Å². The number of nitrogen functional groups attached to an aromatic ring is 1. The molecule has 6 N–H and O–H groups in total. The highest BCUT2D eigenvalue weighted by molar-refractivity contribution is 8.06. The van der Waals surface area contributed by atoms with E-state index in [1.54, 1.807) is 0 Å². The molecule has 0 spiro atoms. The van der Waals surface area contributed by atoms with Crippen LogP contribution in [0.1, 0.15) is 6.23 Å². The van der Waals surface area contributed by atoms with Crippen LogP contribution in [0.15, 0.2) is 11.1 Å². The van der Waals surface area contributed by atoms with Crippen LogP contribution in [-0.2, 0) is 21.1 Å². The first kappa shape index (κ1) is 17.4. The van der Waals surface area contributed by atoms with E-state index in [0.717, 1.165) is 10.9 Å². The zero-order valence-corrected chi connectivity index (χ0v) is 13.5. The summed E-state index contributed by atoms with van der Waals surface area (Å²) in [6.07, 6.45) is -4.93. The normalized spacial score (nSPS) is 27.8. The minimum Gasteiger partial charge on any atom is -0.394 e. The van der Waals surface area contributed by atoms with Crippen LogP contribution in [0, 0.1) is 0 Å². The molecule has 3 heterocycles. The lowest BCUT2D eigenvalue weighted by Crippen LogP contribution is -2.33.